The number of carbonyl (C=O) groups is 1. The second kappa shape index (κ2) is 9.88. The summed E-state index contributed by atoms with van der Waals surface area (Å²) in [4.78, 5) is 34.6. The van der Waals surface area contributed by atoms with Crippen molar-refractivity contribution in [2.24, 2.45) is 18.9 Å². The van der Waals surface area contributed by atoms with Gasteiger partial charge in [0.05, 0.1) is 11.7 Å². The van der Waals surface area contributed by atoms with Crippen LogP contribution in [0.4, 0.5) is 26.2 Å². The van der Waals surface area contributed by atoms with Gasteiger partial charge in [-0.2, -0.15) is 4.98 Å². The van der Waals surface area contributed by atoms with Crippen molar-refractivity contribution in [3.63, 3.8) is 0 Å². The lowest BCUT2D eigenvalue weighted by atomic mass is 9.87. The standard InChI is InChI=1S/C24H27ClF2N6O3/c1-13-10-33(11-14(2)24(13,26)27)23-29-9-17(25)21(31-23)30-16-5-6-18-15(7-16)8-19(22(35)32(18)4)36-12-20(34)28-3/h5-9,13-14H,10-12H2,1-4H3,(H,28,34)(H,29,30,31)/t13-,14+. The summed E-state index contributed by atoms with van der Waals surface area (Å²) in [7, 11) is 3.09. The van der Waals surface area contributed by atoms with E-state index in [0.29, 0.717) is 28.4 Å². The van der Waals surface area contributed by atoms with Gasteiger partial charge < -0.3 is 24.8 Å². The van der Waals surface area contributed by atoms with Crippen LogP contribution in [0.3, 0.4) is 0 Å². The topological polar surface area (TPSA) is 101 Å². The minimum atomic E-state index is -2.75. The zero-order valence-electron chi connectivity index (χ0n) is 20.3. The third-order valence-corrected chi connectivity index (χ3v) is 6.68. The molecule has 1 aliphatic rings. The second-order valence-electron chi connectivity index (χ2n) is 8.98. The Hall–Kier alpha value is -3.47. The second-order valence-corrected chi connectivity index (χ2v) is 9.39. The van der Waals surface area contributed by atoms with Gasteiger partial charge >= 0.3 is 0 Å². The van der Waals surface area contributed by atoms with Gasteiger partial charge in [0.25, 0.3) is 17.4 Å². The molecule has 1 saturated heterocycles. The molecule has 0 saturated carbocycles. The number of alkyl halides is 2. The lowest BCUT2D eigenvalue weighted by Crippen LogP contribution is -2.52. The van der Waals surface area contributed by atoms with Crippen molar-refractivity contribution in [3.05, 3.63) is 45.8 Å². The van der Waals surface area contributed by atoms with E-state index >= 15 is 0 Å². The summed E-state index contributed by atoms with van der Waals surface area (Å²) in [5.74, 6) is -4.13. The number of aromatic nitrogens is 3. The first-order valence-corrected chi connectivity index (χ1v) is 11.8. The molecule has 2 aromatic heterocycles. The van der Waals surface area contributed by atoms with Crippen LogP contribution in [-0.2, 0) is 11.8 Å². The molecule has 1 aromatic carbocycles. The van der Waals surface area contributed by atoms with Gasteiger partial charge in [-0.3, -0.25) is 9.59 Å². The minimum absolute atomic E-state index is 0.0400. The number of halogens is 3. The molecular weight excluding hydrogens is 494 g/mol. The number of nitrogens with zero attached hydrogens (tertiary/aromatic N) is 4. The number of benzene rings is 1. The molecule has 1 fully saturated rings. The Kier molecular flexibility index (Phi) is 7.03. The van der Waals surface area contributed by atoms with Crippen LogP contribution in [0.25, 0.3) is 10.9 Å². The Bertz CT molecular complexity index is 1350. The largest absolute Gasteiger partial charge is 0.478 e. The number of rotatable bonds is 6. The molecule has 2 N–H and O–H groups in total. The third-order valence-electron chi connectivity index (χ3n) is 6.41. The molecule has 2 atom stereocenters. The number of hydrogen-bond acceptors (Lipinski definition) is 7. The third kappa shape index (κ3) is 4.92. The molecule has 4 rings (SSSR count). The highest BCUT2D eigenvalue weighted by Gasteiger charge is 2.47. The summed E-state index contributed by atoms with van der Waals surface area (Å²) < 4.78 is 35.4. The molecule has 0 aliphatic carbocycles. The highest BCUT2D eigenvalue weighted by atomic mass is 35.5. The molecule has 3 aromatic rings. The minimum Gasteiger partial charge on any atom is -0.478 e. The monoisotopic (exact) mass is 520 g/mol. The van der Waals surface area contributed by atoms with Crippen molar-refractivity contribution in [3.8, 4) is 5.75 Å². The van der Waals surface area contributed by atoms with E-state index in [1.807, 2.05) is 0 Å². The van der Waals surface area contributed by atoms with Crippen molar-refractivity contribution < 1.29 is 18.3 Å². The number of amides is 1. The zero-order chi connectivity index (χ0) is 26.2. The summed E-state index contributed by atoms with van der Waals surface area (Å²) in [5.41, 5.74) is 0.910. The number of aryl methyl sites for hydroxylation is 1. The van der Waals surface area contributed by atoms with Gasteiger partial charge in [0.2, 0.25) is 5.95 Å². The number of pyridine rings is 1. The number of piperidine rings is 1. The lowest BCUT2D eigenvalue weighted by Gasteiger charge is -2.41. The molecule has 1 aliphatic heterocycles. The van der Waals surface area contributed by atoms with Crippen LogP contribution in [-0.4, -0.2) is 53.1 Å². The Balaban J connectivity index is 1.61. The van der Waals surface area contributed by atoms with Crippen molar-refractivity contribution >= 4 is 45.9 Å². The fraction of sp³-hybridized carbons (Fsp3) is 0.417. The predicted octanol–water partition coefficient (Wildman–Crippen LogP) is 3.58. The molecule has 0 spiro atoms. The Morgan fingerprint density at radius 1 is 1.25 bits per heavy atom. The van der Waals surface area contributed by atoms with Crippen LogP contribution in [0, 0.1) is 11.8 Å². The van der Waals surface area contributed by atoms with Crippen LogP contribution >= 0.6 is 11.6 Å². The molecule has 0 unspecified atom stereocenters. The predicted molar refractivity (Wildman–Crippen MR) is 135 cm³/mol. The quantitative estimate of drug-likeness (QED) is 0.512. The van der Waals surface area contributed by atoms with Gasteiger partial charge in [0.1, 0.15) is 5.02 Å². The molecule has 192 valence electrons. The van der Waals surface area contributed by atoms with Gasteiger partial charge in [-0.1, -0.05) is 25.4 Å². The van der Waals surface area contributed by atoms with Gasteiger partial charge in [0, 0.05) is 50.1 Å². The highest BCUT2D eigenvalue weighted by molar-refractivity contribution is 6.32. The number of nitrogens with one attached hydrogen (secondary N) is 2. The van der Waals surface area contributed by atoms with E-state index in [2.05, 4.69) is 20.6 Å². The van der Waals surface area contributed by atoms with Crippen LogP contribution in [0.1, 0.15) is 13.8 Å². The molecule has 36 heavy (non-hydrogen) atoms. The van der Waals surface area contributed by atoms with Gasteiger partial charge in [-0.15, -0.1) is 0 Å². The average molecular weight is 521 g/mol. The number of anilines is 3. The summed E-state index contributed by atoms with van der Waals surface area (Å²) in [6.45, 7) is 3.01. The first-order chi connectivity index (χ1) is 17.0. The number of carbonyl (C=O) groups excluding carboxylic acids is 1. The maximum Gasteiger partial charge on any atom is 0.293 e. The Labute approximate surface area is 211 Å². The zero-order valence-corrected chi connectivity index (χ0v) is 21.1. The first-order valence-electron chi connectivity index (χ1n) is 11.4. The van der Waals surface area contributed by atoms with Crippen LogP contribution < -0.4 is 25.8 Å². The van der Waals surface area contributed by atoms with E-state index in [9.17, 15) is 18.4 Å². The Morgan fingerprint density at radius 3 is 2.61 bits per heavy atom. The molecule has 0 radical (unpaired) electrons. The first kappa shape index (κ1) is 25.6. The van der Waals surface area contributed by atoms with E-state index in [1.165, 1.54) is 31.7 Å². The average Bonchev–Trinajstić information content (AvgIpc) is 2.85. The van der Waals surface area contributed by atoms with Gasteiger partial charge in [0.15, 0.2) is 18.2 Å². The van der Waals surface area contributed by atoms with Crippen LogP contribution in [0.15, 0.2) is 35.3 Å². The van der Waals surface area contributed by atoms with Gasteiger partial charge in [-0.05, 0) is 24.3 Å². The fourth-order valence-corrected chi connectivity index (χ4v) is 4.35. The molecular formula is C24H27ClF2N6O3. The van der Waals surface area contributed by atoms with Crippen molar-refractivity contribution in [2.45, 2.75) is 19.8 Å². The normalized spacial score (nSPS) is 19.2. The van der Waals surface area contributed by atoms with E-state index in [-0.39, 0.29) is 41.9 Å². The summed E-state index contributed by atoms with van der Waals surface area (Å²) >= 11 is 6.33. The smallest absolute Gasteiger partial charge is 0.293 e. The van der Waals surface area contributed by atoms with E-state index in [4.69, 9.17) is 16.3 Å². The van der Waals surface area contributed by atoms with Crippen LogP contribution in [0.2, 0.25) is 5.02 Å². The molecule has 0 bridgehead atoms. The fourth-order valence-electron chi connectivity index (χ4n) is 4.21. The lowest BCUT2D eigenvalue weighted by molar-refractivity contribution is -0.122. The maximum atomic E-state index is 14.3. The number of hydrogen-bond donors (Lipinski definition) is 2. The van der Waals surface area contributed by atoms with Gasteiger partial charge in [-0.25, -0.2) is 13.8 Å². The van der Waals surface area contributed by atoms with E-state index in [0.717, 1.165) is 0 Å². The molecule has 12 heteroatoms. The summed E-state index contributed by atoms with van der Waals surface area (Å²) in [6, 6.07) is 6.87. The molecule has 3 heterocycles. The van der Waals surface area contributed by atoms with E-state index in [1.54, 1.807) is 36.2 Å². The molecule has 1 amide bonds. The molecule has 9 nitrogen and oxygen atoms in total. The highest BCUT2D eigenvalue weighted by Crippen LogP contribution is 2.39. The van der Waals surface area contributed by atoms with E-state index < -0.39 is 17.8 Å². The SMILES string of the molecule is CNC(=O)COc1cc2cc(Nc3nc(N4C[C@@H](C)C(F)(F)[C@@H](C)C4)ncc3Cl)ccc2n(C)c1=O. The van der Waals surface area contributed by atoms with Crippen molar-refractivity contribution in [1.82, 2.24) is 19.9 Å². The summed E-state index contributed by atoms with van der Waals surface area (Å²) in [6.07, 6.45) is 1.43. The number of likely N-dealkylation sites (N-methyl/N-ethyl adjacent to an activating group) is 1. The maximum absolute atomic E-state index is 14.3. The summed E-state index contributed by atoms with van der Waals surface area (Å²) in [5, 5.41) is 6.52. The number of ether oxygens (including phenoxy) is 1. The number of fused-ring (bicyclic) bond motifs is 1. The van der Waals surface area contributed by atoms with Crippen molar-refractivity contribution in [2.75, 3.05) is 37.0 Å². The Morgan fingerprint density at radius 2 is 1.94 bits per heavy atom. The van der Waals surface area contributed by atoms with Crippen LogP contribution in [0.5, 0.6) is 5.75 Å². The van der Waals surface area contributed by atoms with Crippen molar-refractivity contribution in [1.29, 1.82) is 0 Å².